The second-order valence-electron chi connectivity index (χ2n) is 3.84. The van der Waals surface area contributed by atoms with Gasteiger partial charge in [0.1, 0.15) is 11.6 Å². The molecule has 0 amide bonds. The largest absolute Gasteiger partial charge is 0.295 e. The van der Waals surface area contributed by atoms with Crippen molar-refractivity contribution in [3.63, 3.8) is 0 Å². The topological polar surface area (TPSA) is 34.9 Å². The molecule has 82 valence electrons. The highest BCUT2D eigenvalue weighted by Crippen LogP contribution is 2.31. The highest BCUT2D eigenvalue weighted by atomic mass is 79.9. The van der Waals surface area contributed by atoms with Gasteiger partial charge in [-0.25, -0.2) is 9.37 Å². The maximum Gasteiger partial charge on any atom is 0.261 e. The lowest BCUT2D eigenvalue weighted by atomic mass is 10.2. The Labute approximate surface area is 99.0 Å². The molecule has 0 saturated heterocycles. The second kappa shape index (κ2) is 3.38. The van der Waals surface area contributed by atoms with Gasteiger partial charge in [0.2, 0.25) is 0 Å². The number of hydrogen-bond acceptors (Lipinski definition) is 2. The van der Waals surface area contributed by atoms with E-state index in [1.165, 1.54) is 12.1 Å². The fourth-order valence-corrected chi connectivity index (χ4v) is 2.59. The molecule has 5 heteroatoms. The van der Waals surface area contributed by atoms with Crippen LogP contribution in [0, 0.1) is 5.82 Å². The molecule has 0 saturated carbocycles. The van der Waals surface area contributed by atoms with Crippen molar-refractivity contribution in [3.05, 3.63) is 40.2 Å². The minimum atomic E-state index is -0.402. The van der Waals surface area contributed by atoms with Gasteiger partial charge in [-0.2, -0.15) is 0 Å². The Balaban J connectivity index is 2.44. The number of aromatic nitrogens is 2. The first-order chi connectivity index (χ1) is 7.66. The predicted octanol–water partition coefficient (Wildman–Crippen LogP) is 2.38. The molecule has 1 aromatic carbocycles. The van der Waals surface area contributed by atoms with E-state index < -0.39 is 5.82 Å². The van der Waals surface area contributed by atoms with Gasteiger partial charge in [0.05, 0.1) is 15.7 Å². The molecule has 0 bridgehead atoms. The highest BCUT2D eigenvalue weighted by Gasteiger charge is 2.23. The first-order valence-electron chi connectivity index (χ1n) is 5.01. The summed E-state index contributed by atoms with van der Waals surface area (Å²) in [4.78, 5) is 16.6. The summed E-state index contributed by atoms with van der Waals surface area (Å²) < 4.78 is 14.7. The number of benzene rings is 1. The van der Waals surface area contributed by atoms with E-state index in [-0.39, 0.29) is 10.4 Å². The summed E-state index contributed by atoms with van der Waals surface area (Å²) in [6, 6.07) is 4.12. The Bertz CT molecular complexity index is 638. The third-order valence-corrected chi connectivity index (χ3v) is 3.70. The summed E-state index contributed by atoms with van der Waals surface area (Å²) in [5.74, 6) is 0.337. The van der Waals surface area contributed by atoms with E-state index in [1.54, 1.807) is 10.6 Å². The van der Waals surface area contributed by atoms with E-state index >= 15 is 0 Å². The Morgan fingerprint density at radius 2 is 2.31 bits per heavy atom. The SMILES string of the molecule is O=c1c2cc(F)ccc2nc2n1CC[C@H]2Br. The number of halogens is 2. The lowest BCUT2D eigenvalue weighted by Crippen LogP contribution is -2.21. The molecule has 2 aromatic rings. The Morgan fingerprint density at radius 3 is 3.12 bits per heavy atom. The van der Waals surface area contributed by atoms with Crippen LogP contribution < -0.4 is 5.56 Å². The number of alkyl halides is 1. The second-order valence-corrected chi connectivity index (χ2v) is 4.95. The summed E-state index contributed by atoms with van der Waals surface area (Å²) in [5.41, 5.74) is 0.408. The number of hydrogen-bond donors (Lipinski definition) is 0. The fraction of sp³-hybridized carbons (Fsp3) is 0.273. The summed E-state index contributed by atoms with van der Waals surface area (Å²) in [5, 5.41) is 0.352. The van der Waals surface area contributed by atoms with Gasteiger partial charge in [-0.1, -0.05) is 15.9 Å². The van der Waals surface area contributed by atoms with Gasteiger partial charge in [0.15, 0.2) is 0 Å². The average molecular weight is 283 g/mol. The lowest BCUT2D eigenvalue weighted by Gasteiger charge is -2.05. The van der Waals surface area contributed by atoms with Gasteiger partial charge in [-0.05, 0) is 24.6 Å². The van der Waals surface area contributed by atoms with Gasteiger partial charge in [0.25, 0.3) is 5.56 Å². The molecule has 1 aliphatic rings. The van der Waals surface area contributed by atoms with Crippen LogP contribution in [0.2, 0.25) is 0 Å². The molecule has 1 atom stereocenters. The van der Waals surface area contributed by atoms with Crippen LogP contribution in [0.4, 0.5) is 4.39 Å². The molecular formula is C11H8BrFN2O. The van der Waals surface area contributed by atoms with Gasteiger partial charge < -0.3 is 0 Å². The number of rotatable bonds is 0. The van der Waals surface area contributed by atoms with E-state index in [9.17, 15) is 9.18 Å². The van der Waals surface area contributed by atoms with E-state index in [0.29, 0.717) is 17.4 Å². The molecule has 0 radical (unpaired) electrons. The maximum absolute atomic E-state index is 13.1. The Morgan fingerprint density at radius 1 is 1.50 bits per heavy atom. The molecule has 0 spiro atoms. The monoisotopic (exact) mass is 282 g/mol. The molecule has 3 rings (SSSR count). The van der Waals surface area contributed by atoms with E-state index in [0.717, 1.165) is 12.2 Å². The zero-order valence-corrected chi connectivity index (χ0v) is 9.87. The van der Waals surface area contributed by atoms with Gasteiger partial charge in [-0.15, -0.1) is 0 Å². The average Bonchev–Trinajstić information content (AvgIpc) is 2.63. The summed E-state index contributed by atoms with van der Waals surface area (Å²) in [7, 11) is 0. The smallest absolute Gasteiger partial charge is 0.261 e. The Hall–Kier alpha value is -1.23. The molecule has 3 nitrogen and oxygen atoms in total. The zero-order chi connectivity index (χ0) is 11.3. The van der Waals surface area contributed by atoms with E-state index in [2.05, 4.69) is 20.9 Å². The highest BCUT2D eigenvalue weighted by molar-refractivity contribution is 9.09. The summed E-state index contributed by atoms with van der Waals surface area (Å²) in [6.45, 7) is 0.642. The molecular weight excluding hydrogens is 275 g/mol. The maximum atomic E-state index is 13.1. The molecule has 0 unspecified atom stereocenters. The number of nitrogens with zero attached hydrogens (tertiary/aromatic N) is 2. The first kappa shape index (κ1) is 9.96. The third-order valence-electron chi connectivity index (χ3n) is 2.83. The van der Waals surface area contributed by atoms with Crippen LogP contribution in [0.15, 0.2) is 23.0 Å². The van der Waals surface area contributed by atoms with Gasteiger partial charge in [-0.3, -0.25) is 9.36 Å². The van der Waals surface area contributed by atoms with Crippen LogP contribution in [0.1, 0.15) is 17.1 Å². The molecule has 16 heavy (non-hydrogen) atoms. The van der Waals surface area contributed by atoms with Crippen molar-refractivity contribution in [3.8, 4) is 0 Å². The molecule has 0 fully saturated rings. The quantitative estimate of drug-likeness (QED) is 0.696. The summed E-state index contributed by atoms with van der Waals surface area (Å²) in [6.07, 6.45) is 0.848. The van der Waals surface area contributed by atoms with Gasteiger partial charge in [0, 0.05) is 6.54 Å². The van der Waals surface area contributed by atoms with E-state index in [1.807, 2.05) is 0 Å². The van der Waals surface area contributed by atoms with Crippen molar-refractivity contribution < 1.29 is 4.39 Å². The predicted molar refractivity (Wildman–Crippen MR) is 62.2 cm³/mol. The molecule has 1 aliphatic heterocycles. The van der Waals surface area contributed by atoms with Crippen molar-refractivity contribution in [1.29, 1.82) is 0 Å². The van der Waals surface area contributed by atoms with Crippen LogP contribution in [0.5, 0.6) is 0 Å². The fourth-order valence-electron chi connectivity index (χ4n) is 2.04. The minimum Gasteiger partial charge on any atom is -0.295 e. The molecule has 2 heterocycles. The van der Waals surface area contributed by atoms with Crippen LogP contribution in [-0.4, -0.2) is 9.55 Å². The van der Waals surface area contributed by atoms with Crippen LogP contribution in [-0.2, 0) is 6.54 Å². The third kappa shape index (κ3) is 1.31. The van der Waals surface area contributed by atoms with Gasteiger partial charge >= 0.3 is 0 Å². The normalized spacial score (nSPS) is 19.0. The number of fused-ring (bicyclic) bond motifs is 2. The lowest BCUT2D eigenvalue weighted by molar-refractivity contribution is 0.628. The summed E-state index contributed by atoms with van der Waals surface area (Å²) >= 11 is 3.48. The van der Waals surface area contributed by atoms with Crippen molar-refractivity contribution >= 4 is 26.8 Å². The van der Waals surface area contributed by atoms with E-state index in [4.69, 9.17) is 0 Å². The Kier molecular flexibility index (Phi) is 2.10. The van der Waals surface area contributed by atoms with Crippen LogP contribution >= 0.6 is 15.9 Å². The molecule has 0 N–H and O–H groups in total. The molecule has 0 aliphatic carbocycles. The van der Waals surface area contributed by atoms with Crippen molar-refractivity contribution in [2.75, 3.05) is 0 Å². The van der Waals surface area contributed by atoms with Crippen molar-refractivity contribution in [2.24, 2.45) is 0 Å². The van der Waals surface area contributed by atoms with Crippen molar-refractivity contribution in [2.45, 2.75) is 17.8 Å². The van der Waals surface area contributed by atoms with Crippen LogP contribution in [0.25, 0.3) is 10.9 Å². The first-order valence-corrected chi connectivity index (χ1v) is 5.92. The molecule has 1 aromatic heterocycles. The standard InChI is InChI=1S/C11H8BrFN2O/c12-8-3-4-15-10(8)14-9-2-1-6(13)5-7(9)11(15)16/h1-2,5,8H,3-4H2/t8-/m1/s1. The van der Waals surface area contributed by atoms with Crippen LogP contribution in [0.3, 0.4) is 0 Å². The zero-order valence-electron chi connectivity index (χ0n) is 8.28. The minimum absolute atomic E-state index is 0.120. The van der Waals surface area contributed by atoms with Crippen molar-refractivity contribution in [1.82, 2.24) is 9.55 Å².